The molecule has 0 radical (unpaired) electrons. The van der Waals surface area contributed by atoms with Crippen LogP contribution in [0.3, 0.4) is 0 Å². The second-order valence-corrected chi connectivity index (χ2v) is 4.06. The molecule has 1 aromatic rings. The van der Waals surface area contributed by atoms with E-state index in [1.54, 1.807) is 6.07 Å². The standard InChI is InChI=1S/C11H12ClNO2/c1-7(14)15-9-4-2-3-8-5-6-10(12)13-11(8)9/h5-6,9H,2-4H2,1H3/t9-/m1/s1. The predicted octanol–water partition coefficient (Wildman–Crippen LogP) is 2.68. The average Bonchev–Trinajstić information content (AvgIpc) is 2.18. The number of aryl methyl sites for hydroxylation is 1. The third kappa shape index (κ3) is 2.29. The Morgan fingerprint density at radius 1 is 1.60 bits per heavy atom. The van der Waals surface area contributed by atoms with Gasteiger partial charge < -0.3 is 4.74 Å². The van der Waals surface area contributed by atoms with Crippen LogP contribution in [0, 0.1) is 0 Å². The monoisotopic (exact) mass is 225 g/mol. The fourth-order valence-corrected chi connectivity index (χ4v) is 2.05. The molecule has 0 saturated carbocycles. The Balaban J connectivity index is 2.32. The van der Waals surface area contributed by atoms with Crippen molar-refractivity contribution in [1.82, 2.24) is 4.98 Å². The van der Waals surface area contributed by atoms with E-state index >= 15 is 0 Å². The van der Waals surface area contributed by atoms with Gasteiger partial charge in [-0.05, 0) is 30.9 Å². The lowest BCUT2D eigenvalue weighted by Crippen LogP contribution is -2.16. The summed E-state index contributed by atoms with van der Waals surface area (Å²) in [6, 6.07) is 3.73. The summed E-state index contributed by atoms with van der Waals surface area (Å²) in [4.78, 5) is 15.2. The summed E-state index contributed by atoms with van der Waals surface area (Å²) in [5.74, 6) is -0.269. The molecule has 0 saturated heterocycles. The van der Waals surface area contributed by atoms with Crippen LogP contribution in [0.25, 0.3) is 0 Å². The van der Waals surface area contributed by atoms with E-state index in [1.807, 2.05) is 6.07 Å². The summed E-state index contributed by atoms with van der Waals surface area (Å²) in [7, 11) is 0. The van der Waals surface area contributed by atoms with Crippen LogP contribution in [0.1, 0.15) is 37.1 Å². The van der Waals surface area contributed by atoms with Gasteiger partial charge in [0, 0.05) is 6.92 Å². The molecule has 2 rings (SSSR count). The van der Waals surface area contributed by atoms with Crippen LogP contribution in [0.5, 0.6) is 0 Å². The molecule has 1 aliphatic carbocycles. The van der Waals surface area contributed by atoms with Crippen molar-refractivity contribution in [3.8, 4) is 0 Å². The number of carbonyl (C=O) groups is 1. The molecule has 0 bridgehead atoms. The second kappa shape index (κ2) is 4.19. The van der Waals surface area contributed by atoms with Gasteiger partial charge in [-0.25, -0.2) is 4.98 Å². The summed E-state index contributed by atoms with van der Waals surface area (Å²) in [5, 5.41) is 0.452. The zero-order chi connectivity index (χ0) is 10.8. The number of halogens is 1. The topological polar surface area (TPSA) is 39.2 Å². The van der Waals surface area contributed by atoms with Crippen LogP contribution in [-0.4, -0.2) is 11.0 Å². The molecule has 1 aliphatic rings. The van der Waals surface area contributed by atoms with E-state index in [0.717, 1.165) is 30.5 Å². The van der Waals surface area contributed by atoms with Crippen molar-refractivity contribution < 1.29 is 9.53 Å². The summed E-state index contributed by atoms with van der Waals surface area (Å²) in [6.07, 6.45) is 2.62. The molecule has 0 N–H and O–H groups in total. The molecule has 3 nitrogen and oxygen atoms in total. The third-order valence-electron chi connectivity index (χ3n) is 2.50. The average molecular weight is 226 g/mol. The highest BCUT2D eigenvalue weighted by atomic mass is 35.5. The van der Waals surface area contributed by atoms with E-state index in [-0.39, 0.29) is 12.1 Å². The molecule has 0 aliphatic heterocycles. The van der Waals surface area contributed by atoms with Crippen LogP contribution in [0.4, 0.5) is 0 Å². The van der Waals surface area contributed by atoms with Gasteiger partial charge in [0.15, 0.2) is 0 Å². The van der Waals surface area contributed by atoms with Gasteiger partial charge in [-0.15, -0.1) is 0 Å². The van der Waals surface area contributed by atoms with Gasteiger partial charge in [-0.2, -0.15) is 0 Å². The smallest absolute Gasteiger partial charge is 0.303 e. The van der Waals surface area contributed by atoms with Gasteiger partial charge in [-0.1, -0.05) is 17.7 Å². The largest absolute Gasteiger partial charge is 0.456 e. The summed E-state index contributed by atoms with van der Waals surface area (Å²) in [5.41, 5.74) is 1.96. The number of esters is 1. The molecule has 1 heterocycles. The van der Waals surface area contributed by atoms with Crippen LogP contribution in [0.15, 0.2) is 12.1 Å². The molecule has 1 aromatic heterocycles. The van der Waals surface area contributed by atoms with E-state index in [2.05, 4.69) is 4.98 Å². The molecular weight excluding hydrogens is 214 g/mol. The molecular formula is C11H12ClNO2. The SMILES string of the molecule is CC(=O)O[C@@H]1CCCc2ccc(Cl)nc21. The predicted molar refractivity (Wildman–Crippen MR) is 56.7 cm³/mol. The number of carbonyl (C=O) groups excluding carboxylic acids is 1. The highest BCUT2D eigenvalue weighted by Gasteiger charge is 2.24. The highest BCUT2D eigenvalue weighted by Crippen LogP contribution is 2.31. The third-order valence-corrected chi connectivity index (χ3v) is 2.71. The Kier molecular flexibility index (Phi) is 2.91. The van der Waals surface area contributed by atoms with Crippen LogP contribution in [-0.2, 0) is 16.0 Å². The first-order valence-electron chi connectivity index (χ1n) is 4.99. The fraction of sp³-hybridized carbons (Fsp3) is 0.455. The number of fused-ring (bicyclic) bond motifs is 1. The van der Waals surface area contributed by atoms with Crippen molar-refractivity contribution in [2.75, 3.05) is 0 Å². The van der Waals surface area contributed by atoms with Crippen molar-refractivity contribution in [3.63, 3.8) is 0 Å². The van der Waals surface area contributed by atoms with E-state index in [0.29, 0.717) is 5.15 Å². The zero-order valence-electron chi connectivity index (χ0n) is 8.50. The minimum absolute atomic E-state index is 0.218. The lowest BCUT2D eigenvalue weighted by molar-refractivity contribution is -0.147. The van der Waals surface area contributed by atoms with Gasteiger partial charge in [-0.3, -0.25) is 4.79 Å². The normalized spacial score (nSPS) is 19.5. The Hall–Kier alpha value is -1.09. The second-order valence-electron chi connectivity index (χ2n) is 3.67. The number of rotatable bonds is 1. The molecule has 0 aromatic carbocycles. The Bertz CT molecular complexity index is 392. The van der Waals surface area contributed by atoms with Crippen molar-refractivity contribution in [2.24, 2.45) is 0 Å². The van der Waals surface area contributed by atoms with E-state index in [9.17, 15) is 4.79 Å². The first kappa shape index (κ1) is 10.4. The zero-order valence-corrected chi connectivity index (χ0v) is 9.25. The first-order chi connectivity index (χ1) is 7.16. The molecule has 1 atom stereocenters. The summed E-state index contributed by atoms with van der Waals surface area (Å²) >= 11 is 5.83. The maximum absolute atomic E-state index is 10.9. The molecule has 4 heteroatoms. The lowest BCUT2D eigenvalue weighted by atomic mass is 9.94. The van der Waals surface area contributed by atoms with Crippen molar-refractivity contribution in [1.29, 1.82) is 0 Å². The lowest BCUT2D eigenvalue weighted by Gasteiger charge is -2.23. The summed E-state index contributed by atoms with van der Waals surface area (Å²) in [6.45, 7) is 1.42. The van der Waals surface area contributed by atoms with Crippen LogP contribution >= 0.6 is 11.6 Å². The number of pyridine rings is 1. The number of nitrogens with zero attached hydrogens (tertiary/aromatic N) is 1. The van der Waals surface area contributed by atoms with Crippen molar-refractivity contribution in [3.05, 3.63) is 28.5 Å². The molecule has 0 fully saturated rings. The number of hydrogen-bond acceptors (Lipinski definition) is 3. The number of hydrogen-bond donors (Lipinski definition) is 0. The molecule has 0 unspecified atom stereocenters. The maximum atomic E-state index is 10.9. The molecule has 80 valence electrons. The van der Waals surface area contributed by atoms with Gasteiger partial charge in [0.2, 0.25) is 0 Å². The van der Waals surface area contributed by atoms with Gasteiger partial charge >= 0.3 is 5.97 Å². The van der Waals surface area contributed by atoms with E-state index in [4.69, 9.17) is 16.3 Å². The molecule has 0 spiro atoms. The summed E-state index contributed by atoms with van der Waals surface area (Å²) < 4.78 is 5.21. The van der Waals surface area contributed by atoms with Crippen molar-refractivity contribution >= 4 is 17.6 Å². The minimum atomic E-state index is -0.269. The van der Waals surface area contributed by atoms with Crippen LogP contribution in [0.2, 0.25) is 5.15 Å². The number of aromatic nitrogens is 1. The van der Waals surface area contributed by atoms with Gasteiger partial charge in [0.1, 0.15) is 11.3 Å². The van der Waals surface area contributed by atoms with E-state index in [1.165, 1.54) is 6.92 Å². The minimum Gasteiger partial charge on any atom is -0.456 e. The Labute approximate surface area is 93.4 Å². The van der Waals surface area contributed by atoms with Gasteiger partial charge in [0.25, 0.3) is 0 Å². The van der Waals surface area contributed by atoms with Crippen LogP contribution < -0.4 is 0 Å². The van der Waals surface area contributed by atoms with Gasteiger partial charge in [0.05, 0.1) is 5.69 Å². The molecule has 15 heavy (non-hydrogen) atoms. The fourth-order valence-electron chi connectivity index (χ4n) is 1.90. The number of ether oxygens (including phenoxy) is 1. The molecule has 0 amide bonds. The van der Waals surface area contributed by atoms with Crippen molar-refractivity contribution in [2.45, 2.75) is 32.3 Å². The maximum Gasteiger partial charge on any atom is 0.303 e. The Morgan fingerprint density at radius 3 is 3.13 bits per heavy atom. The highest BCUT2D eigenvalue weighted by molar-refractivity contribution is 6.29. The Morgan fingerprint density at radius 2 is 2.40 bits per heavy atom. The quantitative estimate of drug-likeness (QED) is 0.545. The van der Waals surface area contributed by atoms with E-state index < -0.39 is 0 Å². The first-order valence-corrected chi connectivity index (χ1v) is 5.37.